The highest BCUT2D eigenvalue weighted by atomic mass is 35.5. The number of hydrogen-bond donors (Lipinski definition) is 2. The number of nitrogens with zero attached hydrogens (tertiary/aromatic N) is 2. The van der Waals surface area contributed by atoms with E-state index < -0.39 is 0 Å². The Labute approximate surface area is 149 Å². The minimum absolute atomic E-state index is 0.0240. The maximum Gasteiger partial charge on any atom is 0.241 e. The highest BCUT2D eigenvalue weighted by molar-refractivity contribution is 6.30. The van der Waals surface area contributed by atoms with Crippen molar-refractivity contribution >= 4 is 23.5 Å². The predicted molar refractivity (Wildman–Crippen MR) is 99.3 cm³/mol. The van der Waals surface area contributed by atoms with Crippen molar-refractivity contribution in [1.82, 2.24) is 15.5 Å². The molecule has 2 N–H and O–H groups in total. The van der Waals surface area contributed by atoms with Gasteiger partial charge in [-0.1, -0.05) is 43.0 Å². The van der Waals surface area contributed by atoms with Crippen molar-refractivity contribution < 1.29 is 4.79 Å². The first-order valence-corrected chi connectivity index (χ1v) is 8.92. The Kier molecular flexibility index (Phi) is 7.37. The van der Waals surface area contributed by atoms with Gasteiger partial charge in [0, 0.05) is 25.2 Å². The van der Waals surface area contributed by atoms with Crippen molar-refractivity contribution in [3.8, 4) is 0 Å². The Morgan fingerprint density at radius 2 is 2.04 bits per heavy atom. The molecule has 2 rings (SSSR count). The number of guanidine groups is 1. The van der Waals surface area contributed by atoms with Crippen LogP contribution in [0.4, 0.5) is 0 Å². The molecule has 0 radical (unpaired) electrons. The molecule has 24 heavy (non-hydrogen) atoms. The van der Waals surface area contributed by atoms with Crippen LogP contribution in [-0.2, 0) is 11.3 Å². The third-order valence-electron chi connectivity index (χ3n) is 4.16. The highest BCUT2D eigenvalue weighted by Crippen LogP contribution is 2.17. The van der Waals surface area contributed by atoms with Crippen molar-refractivity contribution in [2.75, 3.05) is 20.6 Å². The lowest BCUT2D eigenvalue weighted by molar-refractivity contribution is -0.127. The Morgan fingerprint density at radius 3 is 2.71 bits per heavy atom. The molecule has 132 valence electrons. The number of carbonyl (C=O) groups is 1. The monoisotopic (exact) mass is 350 g/mol. The summed E-state index contributed by atoms with van der Waals surface area (Å²) < 4.78 is 0. The molecule has 0 bridgehead atoms. The molecular formula is C18H27ClN4O. The van der Waals surface area contributed by atoms with Gasteiger partial charge in [0.05, 0.1) is 13.1 Å². The molecule has 0 atom stereocenters. The van der Waals surface area contributed by atoms with Gasteiger partial charge < -0.3 is 15.5 Å². The van der Waals surface area contributed by atoms with Crippen LogP contribution in [0.1, 0.15) is 37.7 Å². The van der Waals surface area contributed by atoms with Crippen LogP contribution in [0.15, 0.2) is 29.3 Å². The third kappa shape index (κ3) is 6.40. The van der Waals surface area contributed by atoms with Crippen LogP contribution in [0.3, 0.4) is 0 Å². The van der Waals surface area contributed by atoms with Gasteiger partial charge in [0.15, 0.2) is 5.96 Å². The number of carbonyl (C=O) groups excluding carboxylic acids is 1. The normalized spacial score (nSPS) is 15.9. The first-order chi connectivity index (χ1) is 11.5. The summed E-state index contributed by atoms with van der Waals surface area (Å²) in [5.74, 6) is 0.716. The average Bonchev–Trinajstić information content (AvgIpc) is 2.58. The molecule has 5 nitrogen and oxygen atoms in total. The second-order valence-electron chi connectivity index (χ2n) is 6.42. The summed E-state index contributed by atoms with van der Waals surface area (Å²) in [7, 11) is 3.50. The lowest BCUT2D eigenvalue weighted by atomic mass is 9.96. The van der Waals surface area contributed by atoms with Crippen LogP contribution in [0.25, 0.3) is 0 Å². The zero-order valence-corrected chi connectivity index (χ0v) is 15.3. The van der Waals surface area contributed by atoms with E-state index in [9.17, 15) is 4.79 Å². The van der Waals surface area contributed by atoms with Crippen molar-refractivity contribution in [2.45, 2.75) is 44.7 Å². The molecule has 6 heteroatoms. The number of rotatable bonds is 5. The van der Waals surface area contributed by atoms with Gasteiger partial charge in [-0.3, -0.25) is 4.79 Å². The van der Waals surface area contributed by atoms with Crippen molar-refractivity contribution in [3.05, 3.63) is 34.9 Å². The van der Waals surface area contributed by atoms with E-state index in [-0.39, 0.29) is 12.5 Å². The molecule has 0 spiro atoms. The van der Waals surface area contributed by atoms with Crippen LogP contribution in [0.5, 0.6) is 0 Å². The molecule has 0 heterocycles. The Bertz CT molecular complexity index is 568. The molecule has 0 aromatic heterocycles. The summed E-state index contributed by atoms with van der Waals surface area (Å²) in [6.45, 7) is 0.764. The van der Waals surface area contributed by atoms with Gasteiger partial charge >= 0.3 is 0 Å². The minimum atomic E-state index is 0.0240. The maximum atomic E-state index is 11.8. The van der Waals surface area contributed by atoms with Crippen LogP contribution in [0, 0.1) is 0 Å². The Hall–Kier alpha value is -1.75. The van der Waals surface area contributed by atoms with Gasteiger partial charge in [-0.15, -0.1) is 0 Å². The van der Waals surface area contributed by atoms with Crippen LogP contribution >= 0.6 is 11.6 Å². The van der Waals surface area contributed by atoms with Crippen LogP contribution in [0.2, 0.25) is 5.02 Å². The van der Waals surface area contributed by atoms with E-state index in [0.717, 1.165) is 18.4 Å². The van der Waals surface area contributed by atoms with Gasteiger partial charge in [0.1, 0.15) is 0 Å². The average molecular weight is 351 g/mol. The summed E-state index contributed by atoms with van der Waals surface area (Å²) in [4.78, 5) is 18.0. The van der Waals surface area contributed by atoms with Crippen LogP contribution < -0.4 is 10.6 Å². The second-order valence-corrected chi connectivity index (χ2v) is 6.85. The molecule has 1 amide bonds. The lowest BCUT2D eigenvalue weighted by Gasteiger charge is -2.25. The summed E-state index contributed by atoms with van der Waals surface area (Å²) in [5.41, 5.74) is 1.05. The van der Waals surface area contributed by atoms with E-state index in [1.54, 1.807) is 19.0 Å². The molecule has 1 aliphatic rings. The molecule has 0 saturated heterocycles. The fraction of sp³-hybridized carbons (Fsp3) is 0.556. The Balaban J connectivity index is 1.99. The zero-order chi connectivity index (χ0) is 17.4. The molecule has 1 saturated carbocycles. The van der Waals surface area contributed by atoms with Crippen molar-refractivity contribution in [3.63, 3.8) is 0 Å². The molecular weight excluding hydrogens is 324 g/mol. The maximum absolute atomic E-state index is 11.8. The summed E-state index contributed by atoms with van der Waals surface area (Å²) in [6, 6.07) is 8.11. The fourth-order valence-electron chi connectivity index (χ4n) is 2.72. The van der Waals surface area contributed by atoms with E-state index in [1.165, 1.54) is 19.3 Å². The topological polar surface area (TPSA) is 56.7 Å². The predicted octanol–water partition coefficient (Wildman–Crippen LogP) is 2.80. The third-order valence-corrected chi connectivity index (χ3v) is 4.40. The summed E-state index contributed by atoms with van der Waals surface area (Å²) in [6.07, 6.45) is 6.10. The van der Waals surface area contributed by atoms with E-state index in [1.807, 2.05) is 24.3 Å². The van der Waals surface area contributed by atoms with E-state index in [0.29, 0.717) is 23.6 Å². The number of likely N-dealkylation sites (N-methyl/N-ethyl adjacent to an activating group) is 1. The van der Waals surface area contributed by atoms with Gasteiger partial charge in [0.25, 0.3) is 0 Å². The number of halogens is 1. The molecule has 1 aliphatic carbocycles. The van der Waals surface area contributed by atoms with Gasteiger partial charge in [-0.25, -0.2) is 4.99 Å². The second kappa shape index (κ2) is 9.52. The summed E-state index contributed by atoms with van der Waals surface area (Å²) in [5, 5.41) is 7.33. The summed E-state index contributed by atoms with van der Waals surface area (Å²) >= 11 is 6.02. The van der Waals surface area contributed by atoms with E-state index in [4.69, 9.17) is 11.6 Å². The molecule has 0 aliphatic heterocycles. The first-order valence-electron chi connectivity index (χ1n) is 8.54. The molecule has 1 fully saturated rings. The number of benzene rings is 1. The number of nitrogens with one attached hydrogen (secondary N) is 2. The first kappa shape index (κ1) is 18.6. The smallest absolute Gasteiger partial charge is 0.241 e. The molecule has 0 unspecified atom stereocenters. The SMILES string of the molecule is CN(C)C(=O)CNC(=NCc1cccc(Cl)c1)NC1CCCCC1. The Morgan fingerprint density at radius 1 is 1.29 bits per heavy atom. The fourth-order valence-corrected chi connectivity index (χ4v) is 2.93. The minimum Gasteiger partial charge on any atom is -0.354 e. The zero-order valence-electron chi connectivity index (χ0n) is 14.5. The van der Waals surface area contributed by atoms with Crippen molar-refractivity contribution in [1.29, 1.82) is 0 Å². The molecule has 1 aromatic rings. The highest BCUT2D eigenvalue weighted by Gasteiger charge is 2.15. The quantitative estimate of drug-likeness (QED) is 0.634. The molecule has 1 aromatic carbocycles. The van der Waals surface area contributed by atoms with E-state index in [2.05, 4.69) is 15.6 Å². The van der Waals surface area contributed by atoms with Crippen LogP contribution in [-0.4, -0.2) is 43.4 Å². The van der Waals surface area contributed by atoms with Gasteiger partial charge in [0.2, 0.25) is 5.91 Å². The number of aliphatic imine (C=N–C) groups is 1. The van der Waals surface area contributed by atoms with Gasteiger partial charge in [-0.05, 0) is 30.5 Å². The lowest BCUT2D eigenvalue weighted by Crippen LogP contribution is -2.47. The number of amides is 1. The van der Waals surface area contributed by atoms with Crippen molar-refractivity contribution in [2.24, 2.45) is 4.99 Å². The van der Waals surface area contributed by atoms with Gasteiger partial charge in [-0.2, -0.15) is 0 Å². The standard InChI is InChI=1S/C18H27ClN4O/c1-23(2)17(24)13-21-18(22-16-9-4-3-5-10-16)20-12-14-7-6-8-15(19)11-14/h6-8,11,16H,3-5,9-10,12-13H2,1-2H3,(H2,20,21,22). The number of hydrogen-bond acceptors (Lipinski definition) is 2. The van der Waals surface area contributed by atoms with E-state index >= 15 is 0 Å². The largest absolute Gasteiger partial charge is 0.354 e.